The van der Waals surface area contributed by atoms with Crippen LogP contribution in [0.3, 0.4) is 0 Å². The monoisotopic (exact) mass is 375 g/mol. The molecule has 0 aromatic heterocycles. The van der Waals surface area contributed by atoms with Crippen LogP contribution in [0.15, 0.2) is 48.5 Å². The summed E-state index contributed by atoms with van der Waals surface area (Å²) < 4.78 is 0. The van der Waals surface area contributed by atoms with E-state index >= 15 is 0 Å². The third-order valence-corrected chi connectivity index (χ3v) is 3.83. The maximum Gasteiger partial charge on any atom is 0.272 e. The molecule has 1 N–H and O–H groups in total. The Morgan fingerprint density at radius 2 is 1.73 bits per heavy atom. The summed E-state index contributed by atoms with van der Waals surface area (Å²) in [6, 6.07) is 12.1. The molecule has 0 bridgehead atoms. The van der Waals surface area contributed by atoms with Crippen LogP contribution in [0.2, 0.25) is 5.02 Å². The Bertz CT molecular complexity index is 847. The summed E-state index contributed by atoms with van der Waals surface area (Å²) in [5.74, 6) is -1.02. The maximum absolute atomic E-state index is 12.8. The molecule has 2 rings (SSSR count). The minimum atomic E-state index is -0.712. The molecule has 0 aliphatic rings. The fraction of sp³-hybridized carbons (Fsp3) is 0.222. The van der Waals surface area contributed by atoms with Crippen LogP contribution in [0.5, 0.6) is 0 Å². The Labute approximate surface area is 155 Å². The zero-order valence-corrected chi connectivity index (χ0v) is 15.3. The molecular formula is C18H18ClN3O4. The number of nitro benzene ring substituents is 1. The summed E-state index contributed by atoms with van der Waals surface area (Å²) in [5.41, 5.74) is 2.07. The number of halogens is 1. The SMILES string of the molecule is CC(C)(C)N(NC(=O)c1ccc([N+](=O)[O-])cc1Cl)C(=O)c1ccccc1. The molecule has 0 aliphatic heterocycles. The number of non-ortho nitro benzene ring substituents is 1. The molecule has 0 aliphatic carbocycles. The molecule has 0 spiro atoms. The van der Waals surface area contributed by atoms with Crippen molar-refractivity contribution in [3.05, 3.63) is 74.8 Å². The second-order valence-electron chi connectivity index (χ2n) is 6.54. The number of nitro groups is 1. The predicted octanol–water partition coefficient (Wildman–Crippen LogP) is 3.83. The summed E-state index contributed by atoms with van der Waals surface area (Å²) in [6.45, 7) is 5.31. The van der Waals surface area contributed by atoms with E-state index in [1.165, 1.54) is 17.1 Å². The van der Waals surface area contributed by atoms with Crippen molar-refractivity contribution in [1.29, 1.82) is 0 Å². The van der Waals surface area contributed by atoms with E-state index in [2.05, 4.69) is 5.43 Å². The van der Waals surface area contributed by atoms with E-state index in [0.29, 0.717) is 5.56 Å². The molecule has 0 atom stereocenters. The normalized spacial score (nSPS) is 10.9. The number of carbonyl (C=O) groups excluding carboxylic acids is 2. The number of carbonyl (C=O) groups is 2. The third-order valence-electron chi connectivity index (χ3n) is 3.52. The summed E-state index contributed by atoms with van der Waals surface area (Å²) >= 11 is 5.99. The van der Waals surface area contributed by atoms with Gasteiger partial charge in [0.1, 0.15) is 0 Å². The second kappa shape index (κ2) is 7.53. The molecule has 136 valence electrons. The Balaban J connectivity index is 2.30. The van der Waals surface area contributed by atoms with E-state index in [-0.39, 0.29) is 22.2 Å². The van der Waals surface area contributed by atoms with Crippen molar-refractivity contribution in [3.8, 4) is 0 Å². The highest BCUT2D eigenvalue weighted by molar-refractivity contribution is 6.34. The quantitative estimate of drug-likeness (QED) is 0.651. The first-order valence-corrected chi connectivity index (χ1v) is 8.13. The molecular weight excluding hydrogens is 358 g/mol. The number of hydrogen-bond donors (Lipinski definition) is 1. The van der Waals surface area contributed by atoms with Crippen LogP contribution in [0.1, 0.15) is 41.5 Å². The molecule has 0 heterocycles. The topological polar surface area (TPSA) is 92.6 Å². The Morgan fingerprint density at radius 3 is 2.23 bits per heavy atom. The van der Waals surface area contributed by atoms with Gasteiger partial charge in [-0.1, -0.05) is 29.8 Å². The van der Waals surface area contributed by atoms with E-state index in [0.717, 1.165) is 6.07 Å². The minimum Gasteiger partial charge on any atom is -0.267 e. The van der Waals surface area contributed by atoms with Crippen molar-refractivity contribution in [1.82, 2.24) is 10.4 Å². The van der Waals surface area contributed by atoms with Crippen molar-refractivity contribution in [3.63, 3.8) is 0 Å². The lowest BCUT2D eigenvalue weighted by Gasteiger charge is -2.35. The van der Waals surface area contributed by atoms with Gasteiger partial charge in [-0.25, -0.2) is 5.01 Å². The smallest absolute Gasteiger partial charge is 0.267 e. The number of hydrazine groups is 1. The van der Waals surface area contributed by atoms with Gasteiger partial charge >= 0.3 is 0 Å². The van der Waals surface area contributed by atoms with Crippen molar-refractivity contribution in [2.45, 2.75) is 26.3 Å². The molecule has 0 unspecified atom stereocenters. The zero-order chi connectivity index (χ0) is 19.5. The second-order valence-corrected chi connectivity index (χ2v) is 6.95. The van der Waals surface area contributed by atoms with Gasteiger partial charge in [-0.15, -0.1) is 0 Å². The fourth-order valence-corrected chi connectivity index (χ4v) is 2.46. The Morgan fingerprint density at radius 1 is 1.12 bits per heavy atom. The van der Waals surface area contributed by atoms with Gasteiger partial charge in [0, 0.05) is 17.7 Å². The van der Waals surface area contributed by atoms with E-state index in [9.17, 15) is 19.7 Å². The average Bonchev–Trinajstić information content (AvgIpc) is 2.58. The number of rotatable bonds is 3. The number of nitrogens with one attached hydrogen (secondary N) is 1. The fourth-order valence-electron chi connectivity index (χ4n) is 2.20. The molecule has 8 heteroatoms. The lowest BCUT2D eigenvalue weighted by atomic mass is 10.1. The van der Waals surface area contributed by atoms with Gasteiger partial charge in [0.05, 0.1) is 21.0 Å². The van der Waals surface area contributed by atoms with Crippen LogP contribution in [-0.2, 0) is 0 Å². The van der Waals surface area contributed by atoms with Crippen LogP contribution in [0.4, 0.5) is 5.69 Å². The molecule has 0 saturated heterocycles. The highest BCUT2D eigenvalue weighted by Crippen LogP contribution is 2.23. The van der Waals surface area contributed by atoms with Gasteiger partial charge in [0.2, 0.25) is 0 Å². The molecule has 2 aromatic carbocycles. The first-order chi connectivity index (χ1) is 12.1. The first kappa shape index (κ1) is 19.4. The lowest BCUT2D eigenvalue weighted by molar-refractivity contribution is -0.384. The highest BCUT2D eigenvalue weighted by Gasteiger charge is 2.30. The molecule has 0 saturated carbocycles. The molecule has 0 radical (unpaired) electrons. The number of hydrogen-bond acceptors (Lipinski definition) is 4. The lowest BCUT2D eigenvalue weighted by Crippen LogP contribution is -2.55. The third kappa shape index (κ3) is 4.37. The number of benzene rings is 2. The number of nitrogens with zero attached hydrogens (tertiary/aromatic N) is 2. The van der Waals surface area contributed by atoms with Crippen molar-refractivity contribution in [2.24, 2.45) is 0 Å². The molecule has 26 heavy (non-hydrogen) atoms. The first-order valence-electron chi connectivity index (χ1n) is 7.76. The average molecular weight is 376 g/mol. The summed E-state index contributed by atoms with van der Waals surface area (Å²) in [7, 11) is 0. The van der Waals surface area contributed by atoms with Gasteiger partial charge in [-0.05, 0) is 39.0 Å². The van der Waals surface area contributed by atoms with Crippen molar-refractivity contribution >= 4 is 29.1 Å². The van der Waals surface area contributed by atoms with E-state index in [1.54, 1.807) is 51.1 Å². The Hall–Kier alpha value is -2.93. The van der Waals surface area contributed by atoms with Crippen LogP contribution >= 0.6 is 11.6 Å². The van der Waals surface area contributed by atoms with E-state index in [4.69, 9.17) is 11.6 Å². The van der Waals surface area contributed by atoms with Gasteiger partial charge in [-0.2, -0.15) is 0 Å². The standard InChI is InChI=1S/C18H18ClN3O4/c1-18(2,3)21(17(24)12-7-5-4-6-8-12)20-16(23)14-10-9-13(22(25)26)11-15(14)19/h4-11H,1-3H3,(H,20,23). The molecule has 2 amide bonds. The highest BCUT2D eigenvalue weighted by atomic mass is 35.5. The molecule has 0 fully saturated rings. The Kier molecular flexibility index (Phi) is 5.62. The van der Waals surface area contributed by atoms with Crippen LogP contribution < -0.4 is 5.43 Å². The number of amides is 2. The minimum absolute atomic E-state index is 0.0346. The van der Waals surface area contributed by atoms with Crippen molar-refractivity contribution in [2.75, 3.05) is 0 Å². The van der Waals surface area contributed by atoms with Crippen molar-refractivity contribution < 1.29 is 14.5 Å². The van der Waals surface area contributed by atoms with Gasteiger partial charge in [0.25, 0.3) is 17.5 Å². The maximum atomic E-state index is 12.8. The van der Waals surface area contributed by atoms with Gasteiger partial charge in [-0.3, -0.25) is 25.1 Å². The van der Waals surface area contributed by atoms with Crippen LogP contribution in [-0.4, -0.2) is 27.3 Å². The summed E-state index contributed by atoms with van der Waals surface area (Å²) in [6.07, 6.45) is 0. The summed E-state index contributed by atoms with van der Waals surface area (Å²) in [4.78, 5) is 35.5. The molecule has 7 nitrogen and oxygen atoms in total. The van der Waals surface area contributed by atoms with Crippen LogP contribution in [0.25, 0.3) is 0 Å². The largest absolute Gasteiger partial charge is 0.272 e. The summed E-state index contributed by atoms with van der Waals surface area (Å²) in [5, 5.41) is 11.9. The van der Waals surface area contributed by atoms with Gasteiger partial charge in [0.15, 0.2) is 0 Å². The van der Waals surface area contributed by atoms with E-state index < -0.39 is 16.4 Å². The van der Waals surface area contributed by atoms with Gasteiger partial charge < -0.3 is 0 Å². The van der Waals surface area contributed by atoms with Crippen LogP contribution in [0, 0.1) is 10.1 Å². The molecule has 2 aromatic rings. The zero-order valence-electron chi connectivity index (χ0n) is 14.5. The predicted molar refractivity (Wildman–Crippen MR) is 97.9 cm³/mol. The van der Waals surface area contributed by atoms with E-state index in [1.807, 2.05) is 0 Å².